The minimum absolute atomic E-state index is 0.0375. The molecule has 5 nitrogen and oxygen atoms in total. The Bertz CT molecular complexity index is 1310. The molecule has 33 heavy (non-hydrogen) atoms. The topological polar surface area (TPSA) is 67.9 Å². The maximum atomic E-state index is 10.5. The minimum atomic E-state index is 0.0375. The zero-order valence-electron chi connectivity index (χ0n) is 18.6. The van der Waals surface area contributed by atoms with E-state index in [0.29, 0.717) is 34.2 Å². The van der Waals surface area contributed by atoms with Gasteiger partial charge < -0.3 is 14.3 Å². The Morgan fingerprint density at radius 3 is 2.58 bits per heavy atom. The van der Waals surface area contributed by atoms with Crippen LogP contribution in [-0.4, -0.2) is 22.9 Å². The van der Waals surface area contributed by atoms with Crippen molar-refractivity contribution in [3.8, 4) is 23.0 Å². The molecule has 1 atom stereocenters. The van der Waals surface area contributed by atoms with Gasteiger partial charge in [-0.25, -0.2) is 4.98 Å². The van der Waals surface area contributed by atoms with E-state index >= 15 is 0 Å². The predicted molar refractivity (Wildman–Crippen MR) is 140 cm³/mol. The van der Waals surface area contributed by atoms with Crippen molar-refractivity contribution in [3.05, 3.63) is 68.6 Å². The largest absolute Gasteiger partial charge is 0.504 e. The normalized spacial score (nSPS) is 12.5. The lowest BCUT2D eigenvalue weighted by Gasteiger charge is -2.11. The van der Waals surface area contributed by atoms with Crippen LogP contribution in [0.5, 0.6) is 11.5 Å². The van der Waals surface area contributed by atoms with E-state index in [9.17, 15) is 5.11 Å². The molecule has 1 N–H and O–H groups in total. The van der Waals surface area contributed by atoms with Gasteiger partial charge in [-0.3, -0.25) is 4.99 Å². The summed E-state index contributed by atoms with van der Waals surface area (Å²) in [5, 5.41) is 10.5. The number of hydrogen-bond donors (Lipinski definition) is 1. The summed E-state index contributed by atoms with van der Waals surface area (Å²) in [7, 11) is 0. The van der Waals surface area contributed by atoms with Crippen LogP contribution >= 0.6 is 31.9 Å². The quantitative estimate of drug-likeness (QED) is 0.226. The van der Waals surface area contributed by atoms with Crippen molar-refractivity contribution in [2.75, 3.05) is 6.61 Å². The second-order valence-corrected chi connectivity index (χ2v) is 9.37. The number of nitrogens with zero attached hydrogens (tertiary/aromatic N) is 2. The fourth-order valence-corrected chi connectivity index (χ4v) is 4.26. The zero-order chi connectivity index (χ0) is 23.5. The van der Waals surface area contributed by atoms with E-state index in [-0.39, 0.29) is 5.75 Å². The Kier molecular flexibility index (Phi) is 7.20. The van der Waals surface area contributed by atoms with Crippen LogP contribution in [0.15, 0.2) is 66.9 Å². The molecule has 0 radical (unpaired) electrons. The van der Waals surface area contributed by atoms with Gasteiger partial charge in [0.15, 0.2) is 17.1 Å². The number of halogens is 2. The molecule has 1 heterocycles. The smallest absolute Gasteiger partial charge is 0.227 e. The summed E-state index contributed by atoms with van der Waals surface area (Å²) >= 11 is 6.97. The first-order valence-corrected chi connectivity index (χ1v) is 12.4. The predicted octanol–water partition coefficient (Wildman–Crippen LogP) is 8.39. The summed E-state index contributed by atoms with van der Waals surface area (Å²) in [6.45, 7) is 6.72. The van der Waals surface area contributed by atoms with Crippen molar-refractivity contribution in [1.82, 2.24) is 4.98 Å². The number of oxazole rings is 1. The van der Waals surface area contributed by atoms with Gasteiger partial charge in [0.1, 0.15) is 5.52 Å². The molecule has 4 aromatic rings. The molecular formula is C26H24Br2N2O3. The lowest BCUT2D eigenvalue weighted by molar-refractivity contribution is 0.317. The van der Waals surface area contributed by atoms with Crippen molar-refractivity contribution >= 4 is 54.9 Å². The molecule has 0 fully saturated rings. The van der Waals surface area contributed by atoms with Crippen LogP contribution in [0.3, 0.4) is 0 Å². The molecule has 0 aliphatic heterocycles. The van der Waals surface area contributed by atoms with Gasteiger partial charge in [0, 0.05) is 20.7 Å². The molecule has 0 unspecified atom stereocenters. The van der Waals surface area contributed by atoms with Crippen molar-refractivity contribution in [3.63, 3.8) is 0 Å². The van der Waals surface area contributed by atoms with E-state index < -0.39 is 0 Å². The lowest BCUT2D eigenvalue weighted by atomic mass is 9.98. The Labute approximate surface area is 209 Å². The van der Waals surface area contributed by atoms with Crippen LogP contribution in [0.2, 0.25) is 0 Å². The molecule has 0 aliphatic carbocycles. The molecular weight excluding hydrogens is 548 g/mol. The van der Waals surface area contributed by atoms with E-state index in [2.05, 4.69) is 67.8 Å². The van der Waals surface area contributed by atoms with Crippen LogP contribution in [0.25, 0.3) is 22.6 Å². The summed E-state index contributed by atoms with van der Waals surface area (Å²) < 4.78 is 12.9. The number of aromatic nitrogens is 1. The molecule has 0 saturated carbocycles. The number of aliphatic imine (C=N–C) groups is 1. The van der Waals surface area contributed by atoms with Gasteiger partial charge in [0.2, 0.25) is 5.89 Å². The van der Waals surface area contributed by atoms with Gasteiger partial charge in [0.05, 0.1) is 17.9 Å². The van der Waals surface area contributed by atoms with Crippen LogP contribution in [0.1, 0.15) is 44.2 Å². The number of rotatable bonds is 7. The average molecular weight is 572 g/mol. The number of phenolic OH excluding ortho intramolecular Hbond substituents is 1. The second-order valence-electron chi connectivity index (χ2n) is 7.73. The highest BCUT2D eigenvalue weighted by Crippen LogP contribution is 2.40. The molecule has 0 amide bonds. The fraction of sp³-hybridized carbons (Fsp3) is 0.231. The molecule has 3 aromatic carbocycles. The van der Waals surface area contributed by atoms with Gasteiger partial charge >= 0.3 is 0 Å². The summed E-state index contributed by atoms with van der Waals surface area (Å²) in [5.74, 6) is 1.50. The zero-order valence-corrected chi connectivity index (χ0v) is 21.8. The SMILES string of the molecule is CCOc1cc(Br)c(Br)c(C=Nc2ccc(-c3nc4cc([C@H](C)CC)ccc4o3)cc2)c1O. The first-order chi connectivity index (χ1) is 15.9. The van der Waals surface area contributed by atoms with E-state index in [1.807, 2.05) is 37.3 Å². The third kappa shape index (κ3) is 4.99. The summed E-state index contributed by atoms with van der Waals surface area (Å²) in [6.07, 6.45) is 2.69. The number of phenols is 1. The number of benzene rings is 3. The summed E-state index contributed by atoms with van der Waals surface area (Å²) in [6, 6.07) is 15.5. The molecule has 0 spiro atoms. The van der Waals surface area contributed by atoms with Crippen molar-refractivity contribution in [2.24, 2.45) is 4.99 Å². The molecule has 4 rings (SSSR count). The number of aromatic hydroxyl groups is 1. The van der Waals surface area contributed by atoms with Gasteiger partial charge in [-0.2, -0.15) is 0 Å². The maximum Gasteiger partial charge on any atom is 0.227 e. The van der Waals surface area contributed by atoms with E-state index in [1.165, 1.54) is 5.56 Å². The van der Waals surface area contributed by atoms with E-state index in [4.69, 9.17) is 9.15 Å². The summed E-state index contributed by atoms with van der Waals surface area (Å²) in [5.41, 5.74) is 5.06. The summed E-state index contributed by atoms with van der Waals surface area (Å²) in [4.78, 5) is 9.20. The monoisotopic (exact) mass is 570 g/mol. The molecule has 1 aromatic heterocycles. The van der Waals surface area contributed by atoms with Crippen molar-refractivity contribution < 1.29 is 14.3 Å². The molecule has 170 valence electrons. The second kappa shape index (κ2) is 10.1. The number of fused-ring (bicyclic) bond motifs is 1. The molecule has 0 aliphatic rings. The third-order valence-electron chi connectivity index (χ3n) is 5.54. The van der Waals surface area contributed by atoms with Crippen LogP contribution in [-0.2, 0) is 0 Å². The number of ether oxygens (including phenoxy) is 1. The molecule has 7 heteroatoms. The van der Waals surface area contributed by atoms with Gasteiger partial charge in [0.25, 0.3) is 0 Å². The van der Waals surface area contributed by atoms with Gasteiger partial charge in [-0.15, -0.1) is 0 Å². The van der Waals surface area contributed by atoms with Gasteiger partial charge in [-0.1, -0.05) is 19.9 Å². The van der Waals surface area contributed by atoms with E-state index in [1.54, 1.807) is 12.3 Å². The van der Waals surface area contributed by atoms with Crippen LogP contribution in [0.4, 0.5) is 5.69 Å². The third-order valence-corrected chi connectivity index (χ3v) is 7.55. The fourth-order valence-electron chi connectivity index (χ4n) is 3.43. The van der Waals surface area contributed by atoms with Crippen LogP contribution in [0, 0.1) is 0 Å². The number of hydrogen-bond acceptors (Lipinski definition) is 5. The Hall–Kier alpha value is -2.64. The van der Waals surface area contributed by atoms with Crippen molar-refractivity contribution in [2.45, 2.75) is 33.1 Å². The van der Waals surface area contributed by atoms with Gasteiger partial charge in [-0.05, 0) is 99.2 Å². The Balaban J connectivity index is 1.59. The molecule has 0 bridgehead atoms. The highest BCUT2D eigenvalue weighted by Gasteiger charge is 2.15. The Morgan fingerprint density at radius 1 is 1.12 bits per heavy atom. The highest BCUT2D eigenvalue weighted by atomic mass is 79.9. The van der Waals surface area contributed by atoms with E-state index in [0.717, 1.165) is 33.2 Å². The van der Waals surface area contributed by atoms with Crippen molar-refractivity contribution in [1.29, 1.82) is 0 Å². The lowest BCUT2D eigenvalue weighted by Crippen LogP contribution is -1.95. The standard InChI is InChI=1S/C26H24Br2N2O3/c1-4-15(3)17-8-11-22-21(12-17)30-26(33-22)16-6-9-18(10-7-16)29-14-19-24(28)20(27)13-23(25(19)31)32-5-2/h6-15,31H,4-5H2,1-3H3/t15-/m1/s1. The maximum absolute atomic E-state index is 10.5. The highest BCUT2D eigenvalue weighted by molar-refractivity contribution is 9.13. The first kappa shape index (κ1) is 23.5. The average Bonchev–Trinajstić information content (AvgIpc) is 3.26. The minimum Gasteiger partial charge on any atom is -0.504 e. The first-order valence-electron chi connectivity index (χ1n) is 10.8. The molecule has 0 saturated heterocycles. The Morgan fingerprint density at radius 2 is 1.88 bits per heavy atom. The van der Waals surface area contributed by atoms with Crippen LogP contribution < -0.4 is 4.74 Å².